The molecule has 0 aromatic heterocycles. The number of likely N-dealkylation sites (tertiary alicyclic amines) is 1. The number of amides is 1. The fourth-order valence-corrected chi connectivity index (χ4v) is 2.48. The molecule has 0 aliphatic carbocycles. The molecule has 1 fully saturated rings. The molecule has 2 N–H and O–H groups in total. The summed E-state index contributed by atoms with van der Waals surface area (Å²) in [5.41, 5.74) is 6.99. The largest absolute Gasteiger partial charge is 0.334 e. The van der Waals surface area contributed by atoms with E-state index in [1.807, 2.05) is 23.1 Å². The van der Waals surface area contributed by atoms with Gasteiger partial charge in [0, 0.05) is 13.0 Å². The lowest BCUT2D eigenvalue weighted by Gasteiger charge is -2.27. The average molecular weight is 242 g/mol. The van der Waals surface area contributed by atoms with Gasteiger partial charge in [0.15, 0.2) is 0 Å². The highest BCUT2D eigenvalue weighted by molar-refractivity contribution is 5.82. The summed E-state index contributed by atoms with van der Waals surface area (Å²) in [4.78, 5) is 14.1. The van der Waals surface area contributed by atoms with Gasteiger partial charge in [0.1, 0.15) is 0 Å². The van der Waals surface area contributed by atoms with Crippen LogP contribution in [0.2, 0.25) is 0 Å². The van der Waals surface area contributed by atoms with Crippen LogP contribution >= 0.6 is 0 Å². The van der Waals surface area contributed by atoms with Gasteiger partial charge in [-0.1, -0.05) is 30.3 Å². The van der Waals surface area contributed by atoms with Crippen molar-refractivity contribution in [2.75, 3.05) is 6.54 Å². The second kappa shape index (κ2) is 5.70. The molecule has 1 aromatic rings. The molecule has 1 aliphatic heterocycles. The van der Waals surface area contributed by atoms with Gasteiger partial charge in [0.05, 0.1) is 12.1 Å². The number of carbonyl (C=O) groups excluding carboxylic acids is 1. The van der Waals surface area contributed by atoms with Crippen LogP contribution in [0.4, 0.5) is 0 Å². The molecule has 94 valence electrons. The van der Waals surface area contributed by atoms with Gasteiger partial charge < -0.3 is 10.6 Å². The number of rotatable bonds is 3. The first kappa shape index (κ1) is 12.7. The molecule has 18 heavy (non-hydrogen) atoms. The molecule has 0 radical (unpaired) electrons. The normalized spacial score (nSPS) is 20.4. The molecule has 2 atom stereocenters. The van der Waals surface area contributed by atoms with Crippen molar-refractivity contribution in [1.29, 1.82) is 0 Å². The van der Waals surface area contributed by atoms with Gasteiger partial charge in [-0.3, -0.25) is 4.79 Å². The van der Waals surface area contributed by atoms with E-state index in [0.717, 1.165) is 19.4 Å². The van der Waals surface area contributed by atoms with Gasteiger partial charge in [0.25, 0.3) is 0 Å². The lowest BCUT2D eigenvalue weighted by molar-refractivity contribution is -0.133. The third kappa shape index (κ3) is 2.55. The second-order valence-corrected chi connectivity index (χ2v) is 4.62. The zero-order chi connectivity index (χ0) is 13.0. The fourth-order valence-electron chi connectivity index (χ4n) is 2.48. The van der Waals surface area contributed by atoms with E-state index in [1.165, 1.54) is 5.56 Å². The van der Waals surface area contributed by atoms with Gasteiger partial charge in [0.2, 0.25) is 5.91 Å². The zero-order valence-corrected chi connectivity index (χ0v) is 10.4. The molecule has 0 saturated carbocycles. The van der Waals surface area contributed by atoms with Crippen molar-refractivity contribution in [2.45, 2.75) is 31.3 Å². The van der Waals surface area contributed by atoms with Crippen LogP contribution in [-0.2, 0) is 4.79 Å². The summed E-state index contributed by atoms with van der Waals surface area (Å²) >= 11 is 0. The van der Waals surface area contributed by atoms with Crippen LogP contribution in [0.15, 0.2) is 30.3 Å². The van der Waals surface area contributed by atoms with E-state index < -0.39 is 6.04 Å². The van der Waals surface area contributed by atoms with E-state index in [1.54, 1.807) is 0 Å². The first-order chi connectivity index (χ1) is 8.74. The first-order valence-electron chi connectivity index (χ1n) is 6.28. The number of terminal acetylenes is 1. The van der Waals surface area contributed by atoms with Crippen molar-refractivity contribution in [2.24, 2.45) is 5.73 Å². The number of hydrogen-bond donors (Lipinski definition) is 1. The average Bonchev–Trinajstić information content (AvgIpc) is 2.88. The van der Waals surface area contributed by atoms with Gasteiger partial charge in [-0.05, 0) is 18.4 Å². The molecule has 0 bridgehead atoms. The maximum Gasteiger partial charge on any atom is 0.240 e. The Morgan fingerprint density at radius 2 is 2.22 bits per heavy atom. The van der Waals surface area contributed by atoms with Gasteiger partial charge in [-0.25, -0.2) is 0 Å². The zero-order valence-electron chi connectivity index (χ0n) is 10.4. The summed E-state index contributed by atoms with van der Waals surface area (Å²) < 4.78 is 0. The van der Waals surface area contributed by atoms with E-state index in [9.17, 15) is 4.79 Å². The Morgan fingerprint density at radius 3 is 2.89 bits per heavy atom. The highest BCUT2D eigenvalue weighted by Crippen LogP contribution is 2.32. The quantitative estimate of drug-likeness (QED) is 0.820. The van der Waals surface area contributed by atoms with Gasteiger partial charge in [-0.2, -0.15) is 0 Å². The standard InChI is InChI=1S/C15H18N2O/c1-2-7-13(16)15(18)17-11-6-10-14(17)12-8-4-3-5-9-12/h1,3-5,8-9,13-14H,6-7,10-11,16H2. The van der Waals surface area contributed by atoms with Crippen molar-refractivity contribution >= 4 is 5.91 Å². The molecule has 1 amide bonds. The van der Waals surface area contributed by atoms with Gasteiger partial charge in [-0.15, -0.1) is 12.3 Å². The summed E-state index contributed by atoms with van der Waals surface area (Å²) in [6.45, 7) is 0.774. The predicted molar refractivity (Wildman–Crippen MR) is 71.6 cm³/mol. The van der Waals surface area contributed by atoms with Gasteiger partial charge >= 0.3 is 0 Å². The first-order valence-corrected chi connectivity index (χ1v) is 6.28. The molecule has 2 rings (SSSR count). The van der Waals surface area contributed by atoms with Crippen molar-refractivity contribution in [1.82, 2.24) is 4.90 Å². The van der Waals surface area contributed by atoms with E-state index in [-0.39, 0.29) is 11.9 Å². The Balaban J connectivity index is 2.13. The Hall–Kier alpha value is -1.79. The molecule has 2 unspecified atom stereocenters. The van der Waals surface area contributed by atoms with Crippen molar-refractivity contribution < 1.29 is 4.79 Å². The second-order valence-electron chi connectivity index (χ2n) is 4.62. The minimum atomic E-state index is -0.570. The Labute approximate surface area is 108 Å². The maximum atomic E-state index is 12.2. The Bertz CT molecular complexity index is 449. The van der Waals surface area contributed by atoms with Crippen LogP contribution in [0.3, 0.4) is 0 Å². The molecule has 3 heteroatoms. The summed E-state index contributed by atoms with van der Waals surface area (Å²) in [6, 6.07) is 9.68. The number of hydrogen-bond acceptors (Lipinski definition) is 2. The smallest absolute Gasteiger partial charge is 0.240 e. The topological polar surface area (TPSA) is 46.3 Å². The van der Waals surface area contributed by atoms with E-state index in [2.05, 4.69) is 18.1 Å². The predicted octanol–water partition coefficient (Wildman–Crippen LogP) is 1.70. The van der Waals surface area contributed by atoms with Crippen LogP contribution in [-0.4, -0.2) is 23.4 Å². The van der Waals surface area contributed by atoms with Crippen LogP contribution < -0.4 is 5.73 Å². The van der Waals surface area contributed by atoms with E-state index >= 15 is 0 Å². The lowest BCUT2D eigenvalue weighted by Crippen LogP contribution is -2.43. The fraction of sp³-hybridized carbons (Fsp3) is 0.400. The van der Waals surface area contributed by atoms with Crippen molar-refractivity contribution in [3.8, 4) is 12.3 Å². The van der Waals surface area contributed by atoms with E-state index in [0.29, 0.717) is 6.42 Å². The highest BCUT2D eigenvalue weighted by atomic mass is 16.2. The third-order valence-corrected chi connectivity index (χ3v) is 3.38. The molecule has 1 aromatic carbocycles. The Kier molecular flexibility index (Phi) is 4.01. The monoisotopic (exact) mass is 242 g/mol. The van der Waals surface area contributed by atoms with Crippen molar-refractivity contribution in [3.63, 3.8) is 0 Å². The molecular formula is C15H18N2O. The molecule has 0 spiro atoms. The SMILES string of the molecule is C#CCC(N)C(=O)N1CCCC1c1ccccc1. The van der Waals surface area contributed by atoms with Crippen LogP contribution in [0.5, 0.6) is 0 Å². The third-order valence-electron chi connectivity index (χ3n) is 3.38. The molecule has 1 heterocycles. The van der Waals surface area contributed by atoms with Crippen LogP contribution in [0.25, 0.3) is 0 Å². The Morgan fingerprint density at radius 1 is 1.50 bits per heavy atom. The number of benzene rings is 1. The summed E-state index contributed by atoms with van der Waals surface area (Å²) in [5.74, 6) is 2.43. The van der Waals surface area contributed by atoms with Crippen molar-refractivity contribution in [3.05, 3.63) is 35.9 Å². The van der Waals surface area contributed by atoms with Crippen LogP contribution in [0, 0.1) is 12.3 Å². The highest BCUT2D eigenvalue weighted by Gasteiger charge is 2.32. The number of carbonyl (C=O) groups is 1. The molecule has 3 nitrogen and oxygen atoms in total. The summed E-state index contributed by atoms with van der Waals surface area (Å²) in [6.07, 6.45) is 7.53. The minimum absolute atomic E-state index is 0.0284. The summed E-state index contributed by atoms with van der Waals surface area (Å²) in [5, 5.41) is 0. The maximum absolute atomic E-state index is 12.2. The van der Waals surface area contributed by atoms with Crippen LogP contribution in [0.1, 0.15) is 30.9 Å². The number of nitrogens with two attached hydrogens (primary N) is 1. The summed E-state index contributed by atoms with van der Waals surface area (Å²) in [7, 11) is 0. The molecule has 1 saturated heterocycles. The minimum Gasteiger partial charge on any atom is -0.334 e. The lowest BCUT2D eigenvalue weighted by atomic mass is 10.0. The van der Waals surface area contributed by atoms with E-state index in [4.69, 9.17) is 12.2 Å². The molecule has 1 aliphatic rings. The number of nitrogens with zero attached hydrogens (tertiary/aromatic N) is 1. The molecular weight excluding hydrogens is 224 g/mol.